The minimum Gasteiger partial charge on any atom is -0.339 e. The van der Waals surface area contributed by atoms with Crippen molar-refractivity contribution >= 4 is 8.40 Å². The summed E-state index contributed by atoms with van der Waals surface area (Å²) in [6.07, 6.45) is 0. The second-order valence-corrected chi connectivity index (χ2v) is 5.82. The molecule has 0 radical (unpaired) electrons. The quantitative estimate of drug-likeness (QED) is 0.515. The lowest BCUT2D eigenvalue weighted by Crippen LogP contribution is -2.54. The summed E-state index contributed by atoms with van der Waals surface area (Å²) < 4.78 is 0. The van der Waals surface area contributed by atoms with Gasteiger partial charge in [0.15, 0.2) is 8.40 Å². The van der Waals surface area contributed by atoms with Crippen molar-refractivity contribution in [3.63, 3.8) is 0 Å². The molecule has 44 valence electrons. The van der Waals surface area contributed by atoms with Gasteiger partial charge in [0.1, 0.15) is 0 Å². The highest BCUT2D eigenvalue weighted by molar-refractivity contribution is 6.73. The summed E-state index contributed by atoms with van der Waals surface area (Å²) >= 11 is 0. The van der Waals surface area contributed by atoms with Crippen molar-refractivity contribution in [2.75, 3.05) is 0 Å². The Morgan fingerprint density at radius 3 is 1.43 bits per heavy atom. The van der Waals surface area contributed by atoms with Crippen LogP contribution in [-0.2, 0) is 0 Å². The largest absolute Gasteiger partial charge is 0.339 e. The summed E-state index contributed by atoms with van der Waals surface area (Å²) in [6, 6.07) is 1.98. The van der Waals surface area contributed by atoms with Crippen LogP contribution in [0.1, 0.15) is 13.8 Å². The third kappa shape index (κ3) is 2.79. The monoisotopic (exact) mass is 118 g/mol. The molecule has 0 unspecified atom stereocenters. The molecule has 0 aliphatic heterocycles. The molecule has 0 saturated carbocycles. The van der Waals surface area contributed by atoms with Crippen molar-refractivity contribution in [2.45, 2.75) is 25.9 Å². The first kappa shape index (κ1) is 7.14. The molecule has 0 aromatic heterocycles. The van der Waals surface area contributed by atoms with Crippen molar-refractivity contribution in [2.24, 2.45) is 10.8 Å². The second kappa shape index (κ2) is 2.45. The van der Waals surface area contributed by atoms with Crippen molar-refractivity contribution in [3.05, 3.63) is 0 Å². The molecule has 0 bridgehead atoms. The summed E-state index contributed by atoms with van der Waals surface area (Å²) in [5, 5.41) is 11.3. The van der Waals surface area contributed by atoms with Crippen LogP contribution in [0.25, 0.3) is 0 Å². The van der Waals surface area contributed by atoms with Crippen LogP contribution in [0.3, 0.4) is 0 Å². The maximum atomic E-state index is 5.63. The van der Waals surface area contributed by atoms with Crippen LogP contribution < -0.4 is 10.8 Å². The Balaban J connectivity index is 3.36. The van der Waals surface area contributed by atoms with E-state index in [0.717, 1.165) is 12.1 Å². The lowest BCUT2D eigenvalue weighted by molar-refractivity contribution is 1.19. The Morgan fingerprint density at radius 1 is 1.14 bits per heavy atom. The summed E-state index contributed by atoms with van der Waals surface area (Å²) in [7, 11) is -1.65. The van der Waals surface area contributed by atoms with E-state index in [9.17, 15) is 0 Å². The highest BCUT2D eigenvalue weighted by Crippen LogP contribution is 1.96. The van der Waals surface area contributed by atoms with Gasteiger partial charge in [-0.1, -0.05) is 13.8 Å². The van der Waals surface area contributed by atoms with E-state index < -0.39 is 8.40 Å². The summed E-state index contributed by atoms with van der Waals surface area (Å²) in [5.41, 5.74) is 0. The maximum absolute atomic E-state index is 5.63. The van der Waals surface area contributed by atoms with Crippen molar-refractivity contribution in [1.82, 2.24) is 0 Å². The molecular weight excluding hydrogens is 104 g/mol. The van der Waals surface area contributed by atoms with Gasteiger partial charge >= 0.3 is 0 Å². The lowest BCUT2D eigenvalue weighted by Gasteiger charge is -2.14. The predicted octanol–water partition coefficient (Wildman–Crippen LogP) is 0.386. The Hall–Kier alpha value is 0.137. The third-order valence-electron chi connectivity index (χ3n) is 1.32. The van der Waals surface area contributed by atoms with E-state index in [1.807, 2.05) is 0 Å². The predicted molar refractivity (Wildman–Crippen MR) is 35.1 cm³/mol. The van der Waals surface area contributed by atoms with Gasteiger partial charge in [0, 0.05) is 0 Å². The van der Waals surface area contributed by atoms with Crippen LogP contribution in [0.4, 0.5) is 0 Å². The topological polar surface area (TPSA) is 52.0 Å². The molecular formula is C4H14N2Si. The fourth-order valence-electron chi connectivity index (χ4n) is 0.250. The molecule has 0 fully saturated rings. The fraction of sp³-hybridized carbons (Fsp3) is 1.00. The summed E-state index contributed by atoms with van der Waals surface area (Å²) in [4.78, 5) is 0. The average Bonchev–Trinajstić information content (AvgIpc) is 1.68. The Labute approximate surface area is 46.1 Å². The molecule has 4 N–H and O–H groups in total. The molecule has 3 heteroatoms. The number of hydrogen-bond acceptors (Lipinski definition) is 2. The molecule has 7 heavy (non-hydrogen) atoms. The van der Waals surface area contributed by atoms with Gasteiger partial charge < -0.3 is 10.8 Å². The Morgan fingerprint density at radius 2 is 1.43 bits per heavy atom. The van der Waals surface area contributed by atoms with E-state index in [4.69, 9.17) is 10.8 Å². The van der Waals surface area contributed by atoms with Crippen LogP contribution >= 0.6 is 0 Å². The van der Waals surface area contributed by atoms with Gasteiger partial charge in [-0.05, 0) is 12.1 Å². The van der Waals surface area contributed by atoms with E-state index in [0.29, 0.717) is 0 Å². The van der Waals surface area contributed by atoms with Gasteiger partial charge in [0.2, 0.25) is 0 Å². The van der Waals surface area contributed by atoms with Crippen LogP contribution in [0.2, 0.25) is 12.1 Å². The molecule has 2 nitrogen and oxygen atoms in total. The number of nitrogens with two attached hydrogens (primary N) is 2. The standard InChI is InChI=1S/C4H14N2Si/c1-3-7(5,6)4-2/h3-6H2,1-2H3. The van der Waals surface area contributed by atoms with E-state index in [1.54, 1.807) is 0 Å². The van der Waals surface area contributed by atoms with Crippen molar-refractivity contribution in [1.29, 1.82) is 0 Å². The smallest absolute Gasteiger partial charge is 0.195 e. The Bertz CT molecular complexity index is 47.7. The highest BCUT2D eigenvalue weighted by Gasteiger charge is 2.15. The summed E-state index contributed by atoms with van der Waals surface area (Å²) in [5.74, 6) is 0. The molecule has 0 saturated heterocycles. The molecule has 0 aliphatic carbocycles. The highest BCUT2D eigenvalue weighted by atomic mass is 28.3. The zero-order valence-electron chi connectivity index (χ0n) is 5.07. The minimum absolute atomic E-state index is 0.990. The molecule has 0 aromatic carbocycles. The van der Waals surface area contributed by atoms with Gasteiger partial charge in [-0.25, -0.2) is 0 Å². The molecule has 0 amide bonds. The van der Waals surface area contributed by atoms with E-state index in [2.05, 4.69) is 13.8 Å². The lowest BCUT2D eigenvalue weighted by atomic mass is 10.9. The van der Waals surface area contributed by atoms with Crippen LogP contribution in [0.15, 0.2) is 0 Å². The zero-order chi connectivity index (χ0) is 5.91. The molecule has 0 aliphatic rings. The molecule has 0 heterocycles. The van der Waals surface area contributed by atoms with Gasteiger partial charge in [-0.2, -0.15) is 0 Å². The first-order valence-electron chi connectivity index (χ1n) is 2.70. The number of rotatable bonds is 2. The fourth-order valence-corrected chi connectivity index (χ4v) is 0.750. The van der Waals surface area contributed by atoms with Crippen LogP contribution in [0.5, 0.6) is 0 Å². The maximum Gasteiger partial charge on any atom is 0.195 e. The summed E-state index contributed by atoms with van der Waals surface area (Å²) in [6.45, 7) is 4.10. The zero-order valence-corrected chi connectivity index (χ0v) is 6.07. The van der Waals surface area contributed by atoms with Crippen LogP contribution in [0, 0.1) is 0 Å². The first-order chi connectivity index (χ1) is 3.12. The van der Waals surface area contributed by atoms with Crippen molar-refractivity contribution in [3.8, 4) is 0 Å². The SMILES string of the molecule is CC[Si](N)(N)CC. The average molecular weight is 118 g/mol. The second-order valence-electron chi connectivity index (χ2n) is 1.94. The first-order valence-corrected chi connectivity index (χ1v) is 5.27. The van der Waals surface area contributed by atoms with E-state index in [1.165, 1.54) is 0 Å². The molecule has 0 rings (SSSR count). The van der Waals surface area contributed by atoms with Crippen LogP contribution in [-0.4, -0.2) is 8.40 Å². The van der Waals surface area contributed by atoms with Gasteiger partial charge in [0.05, 0.1) is 0 Å². The minimum atomic E-state index is -1.65. The van der Waals surface area contributed by atoms with Gasteiger partial charge in [-0.15, -0.1) is 0 Å². The van der Waals surface area contributed by atoms with E-state index >= 15 is 0 Å². The molecule has 0 spiro atoms. The van der Waals surface area contributed by atoms with Gasteiger partial charge in [0.25, 0.3) is 0 Å². The van der Waals surface area contributed by atoms with Crippen molar-refractivity contribution < 1.29 is 0 Å². The van der Waals surface area contributed by atoms with Gasteiger partial charge in [-0.3, -0.25) is 0 Å². The third-order valence-corrected chi connectivity index (χ3v) is 3.95. The number of hydrogen-bond donors (Lipinski definition) is 2. The normalized spacial score (nSPS) is 12.0. The Kier molecular flexibility index (Phi) is 2.49. The molecule has 0 aromatic rings. The van der Waals surface area contributed by atoms with E-state index in [-0.39, 0.29) is 0 Å². The molecule has 0 atom stereocenters.